The van der Waals surface area contributed by atoms with Gasteiger partial charge >= 0.3 is 0 Å². The Morgan fingerprint density at radius 2 is 1.72 bits per heavy atom. The molecule has 1 heterocycles. The zero-order valence-corrected chi connectivity index (χ0v) is 15.8. The van der Waals surface area contributed by atoms with Crippen molar-refractivity contribution in [2.45, 2.75) is 39.5 Å². The highest BCUT2D eigenvalue weighted by Crippen LogP contribution is 2.44. The van der Waals surface area contributed by atoms with E-state index in [-0.39, 0.29) is 11.0 Å². The van der Waals surface area contributed by atoms with E-state index in [9.17, 15) is 15.8 Å². The molecule has 5 nitrogen and oxygen atoms in total. The smallest absolute Gasteiger partial charge is 0.134 e. The van der Waals surface area contributed by atoms with Gasteiger partial charge in [-0.1, -0.05) is 13.8 Å². The van der Waals surface area contributed by atoms with Crippen LogP contribution in [0.25, 0.3) is 0 Å². The lowest BCUT2D eigenvalue weighted by Gasteiger charge is -2.42. The highest BCUT2D eigenvalue weighted by Gasteiger charge is 2.35. The van der Waals surface area contributed by atoms with Gasteiger partial charge in [0.1, 0.15) is 23.8 Å². The Hall–Kier alpha value is -2.29. The zero-order chi connectivity index (χ0) is 18.6. The van der Waals surface area contributed by atoms with Crippen LogP contribution in [0.4, 0.5) is 0 Å². The number of hydrogen-bond donors (Lipinski definition) is 0. The minimum atomic E-state index is -0.0511. The standard InChI is InChI=1S/C20H27N5/c1-20(2)9-17(16(11-21)12-22)18(13-23)19(10-20)25-7-5-15(6-8-25)14-24(3)4/h15H,5-10,14H2,1-4H3. The largest absolute Gasteiger partial charge is 0.374 e. The summed E-state index contributed by atoms with van der Waals surface area (Å²) in [7, 11) is 4.21. The van der Waals surface area contributed by atoms with Crippen LogP contribution in [0, 0.1) is 45.3 Å². The van der Waals surface area contributed by atoms with Crippen LogP contribution >= 0.6 is 0 Å². The Bertz CT molecular complexity index is 682. The van der Waals surface area contributed by atoms with Crippen molar-refractivity contribution in [1.29, 1.82) is 15.8 Å². The van der Waals surface area contributed by atoms with Gasteiger partial charge in [0, 0.05) is 30.9 Å². The summed E-state index contributed by atoms with van der Waals surface area (Å²) in [5.41, 5.74) is 2.26. The predicted molar refractivity (Wildman–Crippen MR) is 96.8 cm³/mol. The number of likely N-dealkylation sites (tertiary alicyclic amines) is 1. The topological polar surface area (TPSA) is 77.8 Å². The second-order valence-corrected chi connectivity index (χ2v) is 8.22. The van der Waals surface area contributed by atoms with Gasteiger partial charge < -0.3 is 9.80 Å². The number of nitriles is 3. The fourth-order valence-corrected chi connectivity index (χ4v) is 4.02. The van der Waals surface area contributed by atoms with Gasteiger partial charge in [-0.2, -0.15) is 15.8 Å². The van der Waals surface area contributed by atoms with Crippen molar-refractivity contribution >= 4 is 0 Å². The summed E-state index contributed by atoms with van der Waals surface area (Å²) < 4.78 is 0. The van der Waals surface area contributed by atoms with E-state index in [4.69, 9.17) is 0 Å². The van der Waals surface area contributed by atoms with E-state index in [0.717, 1.165) is 44.6 Å². The second kappa shape index (κ2) is 7.73. The minimum absolute atomic E-state index is 0.0511. The van der Waals surface area contributed by atoms with Gasteiger partial charge in [-0.3, -0.25) is 0 Å². The molecule has 132 valence electrons. The third-order valence-corrected chi connectivity index (χ3v) is 5.15. The van der Waals surface area contributed by atoms with Crippen molar-refractivity contribution in [2.75, 3.05) is 33.7 Å². The monoisotopic (exact) mass is 337 g/mol. The average molecular weight is 337 g/mol. The van der Waals surface area contributed by atoms with Crippen LogP contribution in [0.1, 0.15) is 39.5 Å². The van der Waals surface area contributed by atoms with Crippen molar-refractivity contribution in [2.24, 2.45) is 11.3 Å². The van der Waals surface area contributed by atoms with Crippen LogP contribution in [0.15, 0.2) is 22.4 Å². The SMILES string of the molecule is CN(C)CC1CCN(C2=C(C#N)C(=C(C#N)C#N)CC(C)(C)C2)CC1. The molecule has 0 radical (unpaired) electrons. The van der Waals surface area contributed by atoms with Gasteiger partial charge in [-0.25, -0.2) is 0 Å². The van der Waals surface area contributed by atoms with Crippen LogP contribution < -0.4 is 0 Å². The number of rotatable bonds is 3. The van der Waals surface area contributed by atoms with Crippen LogP contribution in [-0.4, -0.2) is 43.5 Å². The van der Waals surface area contributed by atoms with Crippen molar-refractivity contribution in [3.05, 3.63) is 22.4 Å². The normalized spacial score (nSPS) is 20.9. The number of allylic oxidation sites excluding steroid dienone is 4. The van der Waals surface area contributed by atoms with Crippen LogP contribution in [0.5, 0.6) is 0 Å². The van der Waals surface area contributed by atoms with Gasteiger partial charge in [0.15, 0.2) is 0 Å². The van der Waals surface area contributed by atoms with Crippen molar-refractivity contribution in [1.82, 2.24) is 9.80 Å². The van der Waals surface area contributed by atoms with E-state index >= 15 is 0 Å². The first kappa shape index (κ1) is 19.0. The lowest BCUT2D eigenvalue weighted by atomic mass is 9.72. The van der Waals surface area contributed by atoms with E-state index in [2.05, 4.69) is 43.8 Å². The molecule has 0 N–H and O–H groups in total. The Labute approximate surface area is 151 Å². The number of piperidine rings is 1. The molecular weight excluding hydrogens is 310 g/mol. The molecule has 0 spiro atoms. The summed E-state index contributed by atoms with van der Waals surface area (Å²) >= 11 is 0. The Balaban J connectivity index is 2.35. The lowest BCUT2D eigenvalue weighted by Crippen LogP contribution is -2.39. The van der Waals surface area contributed by atoms with E-state index in [1.807, 2.05) is 12.1 Å². The minimum Gasteiger partial charge on any atom is -0.374 e. The molecule has 0 aromatic rings. The maximum Gasteiger partial charge on any atom is 0.134 e. The fourth-order valence-electron chi connectivity index (χ4n) is 4.02. The molecule has 1 saturated heterocycles. The third-order valence-electron chi connectivity index (χ3n) is 5.15. The molecule has 1 aliphatic heterocycles. The average Bonchev–Trinajstić information content (AvgIpc) is 2.55. The van der Waals surface area contributed by atoms with Crippen LogP contribution in [0.2, 0.25) is 0 Å². The van der Waals surface area contributed by atoms with E-state index < -0.39 is 0 Å². The van der Waals surface area contributed by atoms with E-state index in [1.165, 1.54) is 0 Å². The molecule has 0 saturated carbocycles. The first-order valence-corrected chi connectivity index (χ1v) is 8.88. The Morgan fingerprint density at radius 1 is 1.12 bits per heavy atom. The molecule has 0 unspecified atom stereocenters. The van der Waals surface area contributed by atoms with Crippen LogP contribution in [-0.2, 0) is 0 Å². The molecule has 1 aliphatic carbocycles. The van der Waals surface area contributed by atoms with Gasteiger partial charge in [0.25, 0.3) is 0 Å². The molecule has 0 amide bonds. The zero-order valence-electron chi connectivity index (χ0n) is 15.8. The summed E-state index contributed by atoms with van der Waals surface area (Å²) in [6.45, 7) is 7.27. The van der Waals surface area contributed by atoms with Crippen molar-refractivity contribution in [3.8, 4) is 18.2 Å². The highest BCUT2D eigenvalue weighted by atomic mass is 15.2. The van der Waals surface area contributed by atoms with Gasteiger partial charge in [0.05, 0.1) is 5.57 Å². The molecule has 0 aromatic carbocycles. The van der Waals surface area contributed by atoms with Crippen LogP contribution in [0.3, 0.4) is 0 Å². The molecule has 0 aromatic heterocycles. The maximum atomic E-state index is 9.75. The molecule has 1 fully saturated rings. The summed E-state index contributed by atoms with van der Waals surface area (Å²) in [4.78, 5) is 4.55. The quantitative estimate of drug-likeness (QED) is 0.739. The molecule has 0 bridgehead atoms. The summed E-state index contributed by atoms with van der Waals surface area (Å²) in [6.07, 6.45) is 3.65. The molecule has 2 rings (SSSR count). The van der Waals surface area contributed by atoms with Crippen molar-refractivity contribution < 1.29 is 0 Å². The fraction of sp³-hybridized carbons (Fsp3) is 0.650. The highest BCUT2D eigenvalue weighted by molar-refractivity contribution is 5.57. The van der Waals surface area contributed by atoms with E-state index in [0.29, 0.717) is 23.5 Å². The van der Waals surface area contributed by atoms with Gasteiger partial charge in [-0.15, -0.1) is 0 Å². The molecule has 2 aliphatic rings. The first-order valence-electron chi connectivity index (χ1n) is 8.88. The molecule has 25 heavy (non-hydrogen) atoms. The number of hydrogen-bond acceptors (Lipinski definition) is 5. The summed E-state index contributed by atoms with van der Waals surface area (Å²) in [5, 5.41) is 28.3. The van der Waals surface area contributed by atoms with Gasteiger partial charge in [-0.05, 0) is 51.1 Å². The Morgan fingerprint density at radius 3 is 2.20 bits per heavy atom. The van der Waals surface area contributed by atoms with Gasteiger partial charge in [0.2, 0.25) is 0 Å². The van der Waals surface area contributed by atoms with E-state index in [1.54, 1.807) is 0 Å². The lowest BCUT2D eigenvalue weighted by molar-refractivity contribution is 0.174. The number of nitrogens with zero attached hydrogens (tertiary/aromatic N) is 5. The first-order chi connectivity index (χ1) is 11.8. The maximum absolute atomic E-state index is 9.75. The second-order valence-electron chi connectivity index (χ2n) is 8.22. The molecule has 0 atom stereocenters. The third kappa shape index (κ3) is 4.41. The van der Waals surface area contributed by atoms with Crippen molar-refractivity contribution in [3.63, 3.8) is 0 Å². The summed E-state index contributed by atoms with van der Waals surface area (Å²) in [6, 6.07) is 6.27. The predicted octanol–water partition coefficient (Wildman–Crippen LogP) is 3.20. The molecule has 5 heteroatoms. The molecular formula is C20H27N5. The Kier molecular flexibility index (Phi) is 5.89. The summed E-state index contributed by atoms with van der Waals surface area (Å²) in [5.74, 6) is 0.692.